The van der Waals surface area contributed by atoms with Gasteiger partial charge in [0.15, 0.2) is 0 Å². The van der Waals surface area contributed by atoms with Gasteiger partial charge in [0.05, 0.1) is 29.6 Å². The Morgan fingerprint density at radius 2 is 2.00 bits per heavy atom. The highest BCUT2D eigenvalue weighted by Gasteiger charge is 2.25. The number of nitro groups is 1. The molecule has 0 amide bonds. The Balaban J connectivity index is 1.90. The van der Waals surface area contributed by atoms with Crippen LogP contribution in [0.1, 0.15) is 6.04 Å². The number of hydrogen-bond donors (Lipinski definition) is 1. The predicted octanol–water partition coefficient (Wildman–Crippen LogP) is 2.16. The van der Waals surface area contributed by atoms with Crippen molar-refractivity contribution in [3.05, 3.63) is 46.9 Å². The van der Waals surface area contributed by atoms with Crippen LogP contribution in [-0.4, -0.2) is 32.7 Å². The van der Waals surface area contributed by atoms with Crippen molar-refractivity contribution in [3.8, 4) is 11.1 Å². The summed E-state index contributed by atoms with van der Waals surface area (Å²) in [6.45, 7) is 1.26. The van der Waals surface area contributed by atoms with Gasteiger partial charge >= 0.3 is 0 Å². The number of ether oxygens (including phenoxy) is 1. The molecule has 116 valence electrons. The summed E-state index contributed by atoms with van der Waals surface area (Å²) in [5.74, 6) is 0.391. The van der Waals surface area contributed by atoms with Crippen LogP contribution >= 0.6 is 0 Å². The molecule has 2 aromatic heterocycles. The lowest BCUT2D eigenvalue weighted by molar-refractivity contribution is -0.384. The number of fused-ring (bicyclic) bond motifs is 1. The first-order valence-electron chi connectivity index (χ1n) is 7.08. The van der Waals surface area contributed by atoms with Crippen LogP contribution in [0.3, 0.4) is 0 Å². The lowest BCUT2D eigenvalue weighted by atomic mass is 10.1. The van der Waals surface area contributed by atoms with Crippen molar-refractivity contribution in [3.63, 3.8) is 0 Å². The first kappa shape index (κ1) is 13.6. The number of aromatic nitrogens is 3. The van der Waals surface area contributed by atoms with E-state index < -0.39 is 4.92 Å². The van der Waals surface area contributed by atoms with Crippen molar-refractivity contribution in [2.24, 2.45) is 0 Å². The third-order valence-electron chi connectivity index (χ3n) is 4.04. The minimum Gasteiger partial charge on any atom is -0.383 e. The maximum absolute atomic E-state index is 10.8. The molecule has 1 saturated heterocycles. The van der Waals surface area contributed by atoms with E-state index in [0.29, 0.717) is 19.0 Å². The molecule has 8 heteroatoms. The number of nitrogens with zero attached hydrogens (tertiary/aromatic N) is 4. The Kier molecular flexibility index (Phi) is 2.98. The summed E-state index contributed by atoms with van der Waals surface area (Å²) in [5, 5.41) is 11.6. The number of nitro benzene ring substituents is 1. The fourth-order valence-corrected chi connectivity index (χ4v) is 2.75. The van der Waals surface area contributed by atoms with Crippen molar-refractivity contribution in [1.29, 1.82) is 0 Å². The highest BCUT2D eigenvalue weighted by Crippen LogP contribution is 2.36. The highest BCUT2D eigenvalue weighted by atomic mass is 16.6. The van der Waals surface area contributed by atoms with Crippen LogP contribution in [0.25, 0.3) is 22.2 Å². The number of benzene rings is 1. The van der Waals surface area contributed by atoms with E-state index in [1.165, 1.54) is 18.5 Å². The van der Waals surface area contributed by atoms with Gasteiger partial charge in [-0.1, -0.05) is 0 Å². The van der Waals surface area contributed by atoms with Gasteiger partial charge in [0.2, 0.25) is 0 Å². The molecular formula is C15H13N5O3. The Bertz CT molecular complexity index is 899. The summed E-state index contributed by atoms with van der Waals surface area (Å²) < 4.78 is 7.29. The maximum Gasteiger partial charge on any atom is 0.269 e. The number of rotatable bonds is 3. The lowest BCUT2D eigenvalue weighted by Crippen LogP contribution is -2.30. The van der Waals surface area contributed by atoms with Crippen LogP contribution in [0, 0.1) is 10.1 Å². The molecule has 0 aliphatic carbocycles. The molecule has 1 aromatic carbocycles. The van der Waals surface area contributed by atoms with Crippen LogP contribution in [0.5, 0.6) is 0 Å². The van der Waals surface area contributed by atoms with Crippen molar-refractivity contribution >= 4 is 22.5 Å². The summed E-state index contributed by atoms with van der Waals surface area (Å²) in [6, 6.07) is 6.59. The SMILES string of the molecule is Nc1ncnc2c1c(-c1ccc([N+](=O)[O-])cc1)cn2C1COC1. The highest BCUT2D eigenvalue weighted by molar-refractivity contribution is 6.00. The minimum atomic E-state index is -0.420. The molecule has 0 saturated carbocycles. The number of non-ortho nitro benzene ring substituents is 1. The van der Waals surface area contributed by atoms with Crippen molar-refractivity contribution in [1.82, 2.24) is 14.5 Å². The van der Waals surface area contributed by atoms with Gasteiger partial charge in [0.1, 0.15) is 17.8 Å². The van der Waals surface area contributed by atoms with Gasteiger partial charge in [-0.3, -0.25) is 10.1 Å². The number of nitrogen functional groups attached to an aromatic ring is 1. The van der Waals surface area contributed by atoms with Gasteiger partial charge in [-0.2, -0.15) is 0 Å². The smallest absolute Gasteiger partial charge is 0.269 e. The average molecular weight is 311 g/mol. The molecule has 4 rings (SSSR count). The molecule has 1 aliphatic heterocycles. The zero-order valence-electron chi connectivity index (χ0n) is 12.0. The minimum absolute atomic E-state index is 0.0501. The largest absolute Gasteiger partial charge is 0.383 e. The van der Waals surface area contributed by atoms with Crippen LogP contribution in [0.4, 0.5) is 11.5 Å². The van der Waals surface area contributed by atoms with E-state index >= 15 is 0 Å². The second-order valence-corrected chi connectivity index (χ2v) is 5.40. The normalized spacial score (nSPS) is 14.8. The molecule has 0 radical (unpaired) electrons. The summed E-state index contributed by atoms with van der Waals surface area (Å²) in [6.07, 6.45) is 3.40. The van der Waals surface area contributed by atoms with E-state index in [2.05, 4.69) is 9.97 Å². The molecular weight excluding hydrogens is 298 g/mol. The zero-order chi connectivity index (χ0) is 16.0. The van der Waals surface area contributed by atoms with Crippen LogP contribution < -0.4 is 5.73 Å². The number of hydrogen-bond acceptors (Lipinski definition) is 6. The Morgan fingerprint density at radius 3 is 2.61 bits per heavy atom. The maximum atomic E-state index is 10.8. The molecule has 3 heterocycles. The quantitative estimate of drug-likeness (QED) is 0.586. The molecule has 0 unspecified atom stereocenters. The molecule has 8 nitrogen and oxygen atoms in total. The van der Waals surface area contributed by atoms with Gasteiger partial charge in [0, 0.05) is 23.9 Å². The Labute approximate surface area is 130 Å². The van der Waals surface area contributed by atoms with Crippen molar-refractivity contribution in [2.45, 2.75) is 6.04 Å². The summed E-state index contributed by atoms with van der Waals surface area (Å²) in [7, 11) is 0. The van der Waals surface area contributed by atoms with Crippen molar-refractivity contribution < 1.29 is 9.66 Å². The van der Waals surface area contributed by atoms with Crippen LogP contribution in [0.15, 0.2) is 36.8 Å². The van der Waals surface area contributed by atoms with Crippen LogP contribution in [0.2, 0.25) is 0 Å². The van der Waals surface area contributed by atoms with E-state index in [4.69, 9.17) is 10.5 Å². The molecule has 2 N–H and O–H groups in total. The third-order valence-corrected chi connectivity index (χ3v) is 4.04. The Morgan fingerprint density at radius 1 is 1.26 bits per heavy atom. The summed E-state index contributed by atoms with van der Waals surface area (Å²) in [4.78, 5) is 18.8. The Hall–Kier alpha value is -3.00. The molecule has 0 spiro atoms. The molecule has 0 atom stereocenters. The topological polar surface area (TPSA) is 109 Å². The third kappa shape index (κ3) is 2.11. The van der Waals surface area contributed by atoms with Crippen LogP contribution in [-0.2, 0) is 4.74 Å². The van der Waals surface area contributed by atoms with E-state index in [-0.39, 0.29) is 11.7 Å². The van der Waals surface area contributed by atoms with Gasteiger partial charge in [-0.25, -0.2) is 9.97 Å². The van der Waals surface area contributed by atoms with Gasteiger partial charge in [0.25, 0.3) is 5.69 Å². The predicted molar refractivity (Wildman–Crippen MR) is 83.9 cm³/mol. The van der Waals surface area contributed by atoms with Gasteiger partial charge < -0.3 is 15.0 Å². The standard InChI is InChI=1S/C15H13N5O3/c16-14-13-12(9-1-3-10(4-2-9)20(21)22)5-19(11-6-23-7-11)15(13)18-8-17-14/h1-5,8,11H,6-7H2,(H2,16,17,18). The fraction of sp³-hybridized carbons (Fsp3) is 0.200. The van der Waals surface area contributed by atoms with E-state index in [1.54, 1.807) is 12.1 Å². The first-order valence-corrected chi connectivity index (χ1v) is 7.08. The van der Waals surface area contributed by atoms with Gasteiger partial charge in [-0.15, -0.1) is 0 Å². The van der Waals surface area contributed by atoms with E-state index in [1.807, 2.05) is 10.8 Å². The summed E-state index contributed by atoms with van der Waals surface area (Å²) in [5.41, 5.74) is 8.54. The van der Waals surface area contributed by atoms with Crippen molar-refractivity contribution in [2.75, 3.05) is 18.9 Å². The fourth-order valence-electron chi connectivity index (χ4n) is 2.75. The lowest BCUT2D eigenvalue weighted by Gasteiger charge is -2.27. The first-order chi connectivity index (χ1) is 11.1. The number of anilines is 1. The molecule has 1 fully saturated rings. The van der Waals surface area contributed by atoms with E-state index in [9.17, 15) is 10.1 Å². The zero-order valence-corrected chi connectivity index (χ0v) is 12.0. The monoisotopic (exact) mass is 311 g/mol. The van der Waals surface area contributed by atoms with Gasteiger partial charge in [-0.05, 0) is 17.7 Å². The average Bonchev–Trinajstić information content (AvgIpc) is 2.87. The molecule has 23 heavy (non-hydrogen) atoms. The second-order valence-electron chi connectivity index (χ2n) is 5.40. The molecule has 3 aromatic rings. The van der Waals surface area contributed by atoms with E-state index in [0.717, 1.165) is 22.2 Å². The molecule has 1 aliphatic rings. The number of nitrogens with two attached hydrogens (primary N) is 1. The second kappa shape index (κ2) is 5.03. The summed E-state index contributed by atoms with van der Waals surface area (Å²) >= 11 is 0. The molecule has 0 bridgehead atoms.